The molecule has 6 rings (SSSR count). The molecule has 140 valence electrons. The molecule has 4 fully saturated rings. The molecule has 4 saturated carbocycles. The highest BCUT2D eigenvalue weighted by atomic mass is 16.5. The molecule has 2 aromatic carbocycles. The van der Waals surface area contributed by atoms with E-state index in [1.807, 2.05) is 12.1 Å². The van der Waals surface area contributed by atoms with Crippen LogP contribution in [0.5, 0.6) is 0 Å². The predicted molar refractivity (Wildman–Crippen MR) is 105 cm³/mol. The van der Waals surface area contributed by atoms with Crippen LogP contribution < -0.4 is 5.48 Å². The lowest BCUT2D eigenvalue weighted by Crippen LogP contribution is -2.48. The summed E-state index contributed by atoms with van der Waals surface area (Å²) in [6, 6.07) is 17.3. The quantitative estimate of drug-likeness (QED) is 0.603. The number of benzene rings is 2. The number of hydrogen-bond acceptors (Lipinski definition) is 2. The topological polar surface area (TPSA) is 49.3 Å². The van der Waals surface area contributed by atoms with Gasteiger partial charge >= 0.3 is 0 Å². The molecule has 0 unspecified atom stereocenters. The van der Waals surface area contributed by atoms with E-state index in [1.165, 1.54) is 49.7 Å². The average molecular weight is 361 g/mol. The Hall–Kier alpha value is -2.13. The van der Waals surface area contributed by atoms with Gasteiger partial charge in [-0.1, -0.05) is 48.5 Å². The maximum atomic E-state index is 11.3. The van der Waals surface area contributed by atoms with E-state index >= 15 is 0 Å². The average Bonchev–Trinajstić information content (AvgIpc) is 2.67. The first-order valence-corrected chi connectivity index (χ1v) is 10.3. The molecule has 0 atom stereocenters. The van der Waals surface area contributed by atoms with E-state index in [1.54, 1.807) is 11.0 Å². The van der Waals surface area contributed by atoms with Crippen molar-refractivity contribution in [3.05, 3.63) is 59.7 Å². The Morgan fingerprint density at radius 3 is 1.81 bits per heavy atom. The maximum Gasteiger partial charge on any atom is 0.247 e. The Balaban J connectivity index is 1.36. The minimum atomic E-state index is -0.386. The molecule has 0 saturated heterocycles. The highest BCUT2D eigenvalue weighted by molar-refractivity contribution is 5.77. The van der Waals surface area contributed by atoms with Crippen molar-refractivity contribution in [1.82, 2.24) is 5.48 Å². The lowest BCUT2D eigenvalue weighted by molar-refractivity contribution is -0.128. The first kappa shape index (κ1) is 17.0. The Kier molecular flexibility index (Phi) is 4.08. The minimum Gasteiger partial charge on any atom is -0.289 e. The van der Waals surface area contributed by atoms with Crippen LogP contribution in [-0.2, 0) is 16.6 Å². The van der Waals surface area contributed by atoms with Crippen LogP contribution in [0.1, 0.15) is 49.7 Å². The fourth-order valence-electron chi connectivity index (χ4n) is 6.52. The molecule has 0 aliphatic heterocycles. The van der Waals surface area contributed by atoms with Crippen LogP contribution in [0.4, 0.5) is 0 Å². The molecule has 3 heteroatoms. The third kappa shape index (κ3) is 3.08. The summed E-state index contributed by atoms with van der Waals surface area (Å²) in [6.45, 7) is 0. The SMILES string of the molecule is O=C(Cc1ccc(-c2ccc(C34CC5CC(CC(C5)C3)C4)cc2)cc1)NO. The Morgan fingerprint density at radius 1 is 0.852 bits per heavy atom. The van der Waals surface area contributed by atoms with Crippen molar-refractivity contribution in [2.45, 2.75) is 50.4 Å². The first-order valence-electron chi connectivity index (χ1n) is 10.3. The summed E-state index contributed by atoms with van der Waals surface area (Å²) < 4.78 is 0. The zero-order valence-electron chi connectivity index (χ0n) is 15.7. The number of amides is 1. The second-order valence-electron chi connectivity index (χ2n) is 9.18. The van der Waals surface area contributed by atoms with Gasteiger partial charge in [-0.25, -0.2) is 5.48 Å². The fraction of sp³-hybridized carbons (Fsp3) is 0.458. The number of carbonyl (C=O) groups is 1. The van der Waals surface area contributed by atoms with Crippen molar-refractivity contribution in [2.24, 2.45) is 17.8 Å². The second kappa shape index (κ2) is 6.49. The molecule has 0 heterocycles. The van der Waals surface area contributed by atoms with Gasteiger partial charge in [0.2, 0.25) is 5.91 Å². The Morgan fingerprint density at radius 2 is 1.33 bits per heavy atom. The van der Waals surface area contributed by atoms with Crippen LogP contribution in [0.15, 0.2) is 48.5 Å². The number of hydrogen-bond donors (Lipinski definition) is 2. The van der Waals surface area contributed by atoms with Crippen LogP contribution in [0.25, 0.3) is 11.1 Å². The number of rotatable bonds is 4. The van der Waals surface area contributed by atoms with Crippen molar-refractivity contribution < 1.29 is 10.0 Å². The normalized spacial score (nSPS) is 31.1. The van der Waals surface area contributed by atoms with E-state index in [2.05, 4.69) is 36.4 Å². The highest BCUT2D eigenvalue weighted by Crippen LogP contribution is 2.60. The predicted octanol–water partition coefficient (Wildman–Crippen LogP) is 4.87. The van der Waals surface area contributed by atoms with Gasteiger partial charge in [0.25, 0.3) is 0 Å². The van der Waals surface area contributed by atoms with Crippen molar-refractivity contribution in [2.75, 3.05) is 0 Å². The summed E-state index contributed by atoms with van der Waals surface area (Å²) in [5, 5.41) is 8.64. The van der Waals surface area contributed by atoms with Gasteiger partial charge in [0, 0.05) is 0 Å². The fourth-order valence-corrected chi connectivity index (χ4v) is 6.52. The van der Waals surface area contributed by atoms with Crippen molar-refractivity contribution in [3.63, 3.8) is 0 Å². The van der Waals surface area contributed by atoms with Crippen molar-refractivity contribution in [3.8, 4) is 11.1 Å². The molecule has 0 spiro atoms. The molecule has 27 heavy (non-hydrogen) atoms. The summed E-state index contributed by atoms with van der Waals surface area (Å²) in [5.74, 6) is 2.53. The van der Waals surface area contributed by atoms with Gasteiger partial charge in [-0.3, -0.25) is 10.0 Å². The van der Waals surface area contributed by atoms with Crippen molar-refractivity contribution in [1.29, 1.82) is 0 Å². The molecular weight excluding hydrogens is 334 g/mol. The number of hydroxylamine groups is 1. The maximum absolute atomic E-state index is 11.3. The van der Waals surface area contributed by atoms with Crippen LogP contribution in [-0.4, -0.2) is 11.1 Å². The molecule has 0 aromatic heterocycles. The van der Waals surface area contributed by atoms with Crippen molar-refractivity contribution >= 4 is 5.91 Å². The third-order valence-electron chi connectivity index (χ3n) is 7.31. The molecule has 3 nitrogen and oxygen atoms in total. The van der Waals surface area contributed by atoms with Gasteiger partial charge in [0.15, 0.2) is 0 Å². The molecule has 2 N–H and O–H groups in total. The van der Waals surface area contributed by atoms with Gasteiger partial charge in [-0.15, -0.1) is 0 Å². The lowest BCUT2D eigenvalue weighted by atomic mass is 9.48. The van der Waals surface area contributed by atoms with E-state index in [0.717, 1.165) is 23.3 Å². The van der Waals surface area contributed by atoms with E-state index < -0.39 is 0 Å². The Labute approximate surface area is 160 Å². The van der Waals surface area contributed by atoms with E-state index in [4.69, 9.17) is 5.21 Å². The molecular formula is C24H27NO2. The lowest BCUT2D eigenvalue weighted by Gasteiger charge is -2.57. The number of nitrogens with one attached hydrogen (secondary N) is 1. The second-order valence-corrected chi connectivity index (χ2v) is 9.18. The summed E-state index contributed by atoms with van der Waals surface area (Å²) >= 11 is 0. The zero-order valence-corrected chi connectivity index (χ0v) is 15.7. The zero-order chi connectivity index (χ0) is 18.4. The molecule has 4 bridgehead atoms. The largest absolute Gasteiger partial charge is 0.289 e. The molecule has 0 radical (unpaired) electrons. The number of carbonyl (C=O) groups excluding carboxylic acids is 1. The Bertz CT molecular complexity index is 802. The summed E-state index contributed by atoms with van der Waals surface area (Å²) in [7, 11) is 0. The molecule has 4 aliphatic carbocycles. The van der Waals surface area contributed by atoms with Crippen LogP contribution in [0.2, 0.25) is 0 Å². The van der Waals surface area contributed by atoms with E-state index in [-0.39, 0.29) is 12.3 Å². The summed E-state index contributed by atoms with van der Waals surface area (Å²) in [4.78, 5) is 11.3. The van der Waals surface area contributed by atoms with Gasteiger partial charge < -0.3 is 0 Å². The van der Waals surface area contributed by atoms with Gasteiger partial charge in [-0.2, -0.15) is 0 Å². The minimum absolute atomic E-state index is 0.196. The first-order chi connectivity index (χ1) is 13.1. The standard InChI is InChI=1S/C24H27NO2/c26-23(25-27)12-16-1-3-20(4-2-16)21-5-7-22(8-6-21)24-13-17-9-18(14-24)11-19(10-17)15-24/h1-8,17-19,27H,9-15H2,(H,25,26). The van der Waals surface area contributed by atoms with Crippen LogP contribution in [0.3, 0.4) is 0 Å². The van der Waals surface area contributed by atoms with E-state index in [9.17, 15) is 4.79 Å². The van der Waals surface area contributed by atoms with Gasteiger partial charge in [0.1, 0.15) is 0 Å². The van der Waals surface area contributed by atoms with Crippen LogP contribution >= 0.6 is 0 Å². The molecule has 4 aliphatic rings. The van der Waals surface area contributed by atoms with Crippen LogP contribution in [0, 0.1) is 17.8 Å². The third-order valence-corrected chi connectivity index (χ3v) is 7.31. The van der Waals surface area contributed by atoms with E-state index in [0.29, 0.717) is 5.41 Å². The smallest absolute Gasteiger partial charge is 0.247 e. The van der Waals surface area contributed by atoms with Gasteiger partial charge in [0.05, 0.1) is 6.42 Å². The highest BCUT2D eigenvalue weighted by Gasteiger charge is 2.51. The van der Waals surface area contributed by atoms with Gasteiger partial charge in [-0.05, 0) is 83.9 Å². The monoisotopic (exact) mass is 361 g/mol. The molecule has 1 amide bonds. The summed E-state index contributed by atoms with van der Waals surface area (Å²) in [5.41, 5.74) is 6.98. The summed E-state index contributed by atoms with van der Waals surface area (Å²) in [6.07, 6.45) is 8.86. The molecule has 2 aromatic rings.